The molecule has 0 fully saturated rings. The predicted octanol–water partition coefficient (Wildman–Crippen LogP) is 5.52. The lowest BCUT2D eigenvalue weighted by molar-refractivity contribution is 0.837. The molecule has 0 saturated heterocycles. The van der Waals surface area contributed by atoms with E-state index < -0.39 is 0 Å². The van der Waals surface area contributed by atoms with E-state index >= 15 is 0 Å². The third-order valence-electron chi connectivity index (χ3n) is 4.16. The van der Waals surface area contributed by atoms with Gasteiger partial charge in [-0.15, -0.1) is 0 Å². The van der Waals surface area contributed by atoms with Crippen LogP contribution in [-0.4, -0.2) is 0 Å². The quantitative estimate of drug-likeness (QED) is 0.700. The van der Waals surface area contributed by atoms with Crippen molar-refractivity contribution in [3.8, 4) is 0 Å². The Bertz CT molecular complexity index is 567. The third kappa shape index (κ3) is 3.18. The summed E-state index contributed by atoms with van der Waals surface area (Å²) in [4.78, 5) is 2.45. The van der Waals surface area contributed by atoms with E-state index in [9.17, 15) is 0 Å². The van der Waals surface area contributed by atoms with Gasteiger partial charge in [0.2, 0.25) is 0 Å². The zero-order chi connectivity index (χ0) is 14.5. The maximum Gasteiger partial charge on any atom is 0.0455 e. The van der Waals surface area contributed by atoms with Crippen LogP contribution >= 0.6 is 0 Å². The van der Waals surface area contributed by atoms with Crippen LogP contribution in [0, 0.1) is 0 Å². The molecule has 0 radical (unpaired) electrons. The SMILES string of the molecule is CCc1ccc(N(C2=CC=CCC2)C2=CC=CCC2)cc1. The maximum atomic E-state index is 2.45. The second-order valence-electron chi connectivity index (χ2n) is 5.61. The first-order chi connectivity index (χ1) is 10.4. The average Bonchev–Trinajstić information content (AvgIpc) is 2.58. The van der Waals surface area contributed by atoms with Crippen LogP contribution in [0.1, 0.15) is 38.2 Å². The molecule has 1 aromatic rings. The third-order valence-corrected chi connectivity index (χ3v) is 4.16. The summed E-state index contributed by atoms with van der Waals surface area (Å²) in [6.07, 6.45) is 19.0. The van der Waals surface area contributed by atoms with Gasteiger partial charge in [0.25, 0.3) is 0 Å². The number of rotatable bonds is 4. The summed E-state index contributed by atoms with van der Waals surface area (Å²) in [7, 11) is 0. The predicted molar refractivity (Wildman–Crippen MR) is 91.2 cm³/mol. The maximum absolute atomic E-state index is 2.45. The van der Waals surface area contributed by atoms with Crippen LogP contribution < -0.4 is 4.90 Å². The minimum absolute atomic E-state index is 1.09. The zero-order valence-corrected chi connectivity index (χ0v) is 12.8. The Kier molecular flexibility index (Phi) is 4.40. The Hall–Kier alpha value is -2.02. The Morgan fingerprint density at radius 1 is 0.857 bits per heavy atom. The molecule has 0 amide bonds. The Balaban J connectivity index is 1.98. The van der Waals surface area contributed by atoms with Crippen molar-refractivity contribution in [2.24, 2.45) is 0 Å². The molecule has 0 aromatic heterocycles. The summed E-state index contributed by atoms with van der Waals surface area (Å²) in [5.41, 5.74) is 5.50. The highest BCUT2D eigenvalue weighted by molar-refractivity contribution is 5.60. The Morgan fingerprint density at radius 2 is 1.43 bits per heavy atom. The summed E-state index contributed by atoms with van der Waals surface area (Å²) >= 11 is 0. The van der Waals surface area contributed by atoms with E-state index in [1.54, 1.807) is 0 Å². The molecular formula is C20H23N. The summed E-state index contributed by atoms with van der Waals surface area (Å²) in [6, 6.07) is 9.02. The van der Waals surface area contributed by atoms with Gasteiger partial charge < -0.3 is 4.90 Å². The molecule has 1 nitrogen and oxygen atoms in total. The highest BCUT2D eigenvalue weighted by Gasteiger charge is 2.17. The molecule has 2 aliphatic rings. The fourth-order valence-corrected chi connectivity index (χ4v) is 2.95. The monoisotopic (exact) mass is 277 g/mol. The van der Waals surface area contributed by atoms with E-state index in [1.165, 1.54) is 22.6 Å². The highest BCUT2D eigenvalue weighted by Crippen LogP contribution is 2.32. The van der Waals surface area contributed by atoms with E-state index in [4.69, 9.17) is 0 Å². The number of hydrogen-bond acceptors (Lipinski definition) is 1. The lowest BCUT2D eigenvalue weighted by atomic mass is 10.0. The van der Waals surface area contributed by atoms with E-state index in [-0.39, 0.29) is 0 Å². The van der Waals surface area contributed by atoms with E-state index in [0.29, 0.717) is 0 Å². The van der Waals surface area contributed by atoms with Gasteiger partial charge >= 0.3 is 0 Å². The van der Waals surface area contributed by atoms with Crippen LogP contribution in [0.4, 0.5) is 5.69 Å². The van der Waals surface area contributed by atoms with Crippen LogP contribution in [0.15, 0.2) is 72.1 Å². The number of aryl methyl sites for hydroxylation is 1. The molecular weight excluding hydrogens is 254 g/mol. The fourth-order valence-electron chi connectivity index (χ4n) is 2.95. The molecule has 0 unspecified atom stereocenters. The van der Waals surface area contributed by atoms with Gasteiger partial charge in [-0.05, 0) is 62.0 Å². The number of hydrogen-bond donors (Lipinski definition) is 0. The van der Waals surface area contributed by atoms with Crippen molar-refractivity contribution in [3.63, 3.8) is 0 Å². The molecule has 3 rings (SSSR count). The number of nitrogens with zero attached hydrogens (tertiary/aromatic N) is 1. The molecule has 108 valence electrons. The Labute approximate surface area is 128 Å². The largest absolute Gasteiger partial charge is 0.318 e. The molecule has 1 aromatic carbocycles. The number of anilines is 1. The number of benzene rings is 1. The minimum atomic E-state index is 1.09. The van der Waals surface area contributed by atoms with Gasteiger partial charge in [-0.3, -0.25) is 0 Å². The van der Waals surface area contributed by atoms with Gasteiger partial charge in [0.1, 0.15) is 0 Å². The highest BCUT2D eigenvalue weighted by atomic mass is 15.2. The molecule has 2 aliphatic carbocycles. The summed E-state index contributed by atoms with van der Waals surface area (Å²) in [5, 5.41) is 0. The average molecular weight is 277 g/mol. The molecule has 0 aliphatic heterocycles. The Morgan fingerprint density at radius 3 is 1.86 bits per heavy atom. The topological polar surface area (TPSA) is 3.24 Å². The molecule has 0 N–H and O–H groups in total. The van der Waals surface area contributed by atoms with Crippen molar-refractivity contribution in [1.29, 1.82) is 0 Å². The second-order valence-corrected chi connectivity index (χ2v) is 5.61. The van der Waals surface area contributed by atoms with Gasteiger partial charge in [0.15, 0.2) is 0 Å². The van der Waals surface area contributed by atoms with Gasteiger partial charge in [-0.2, -0.15) is 0 Å². The molecule has 0 bridgehead atoms. The lowest BCUT2D eigenvalue weighted by Gasteiger charge is -2.32. The first-order valence-corrected chi connectivity index (χ1v) is 7.99. The standard InChI is InChI=1S/C20H23N/c1-2-17-13-15-20(16-14-17)21(18-9-5-3-6-10-18)19-11-7-4-8-12-19/h3-5,7,9,11,13-16H,2,6,8,10,12H2,1H3. The first-order valence-electron chi connectivity index (χ1n) is 7.99. The molecule has 0 atom stereocenters. The lowest BCUT2D eigenvalue weighted by Crippen LogP contribution is -2.23. The fraction of sp³-hybridized carbons (Fsp3) is 0.300. The van der Waals surface area contributed by atoms with Gasteiger partial charge in [-0.1, -0.05) is 43.4 Å². The molecule has 0 heterocycles. The normalized spacial score (nSPS) is 17.4. The summed E-state index contributed by atoms with van der Waals surface area (Å²) in [5.74, 6) is 0. The van der Waals surface area contributed by atoms with Crippen LogP contribution in [0.25, 0.3) is 0 Å². The van der Waals surface area contributed by atoms with Crippen molar-refractivity contribution in [2.75, 3.05) is 4.90 Å². The van der Waals surface area contributed by atoms with E-state index in [2.05, 4.69) is 72.5 Å². The minimum Gasteiger partial charge on any atom is -0.318 e. The van der Waals surface area contributed by atoms with Gasteiger partial charge in [0.05, 0.1) is 0 Å². The van der Waals surface area contributed by atoms with Crippen molar-refractivity contribution in [3.05, 3.63) is 77.7 Å². The second kappa shape index (κ2) is 6.62. The zero-order valence-electron chi connectivity index (χ0n) is 12.8. The van der Waals surface area contributed by atoms with Crippen molar-refractivity contribution < 1.29 is 0 Å². The van der Waals surface area contributed by atoms with Crippen molar-refractivity contribution >= 4 is 5.69 Å². The van der Waals surface area contributed by atoms with E-state index in [0.717, 1.165) is 32.1 Å². The van der Waals surface area contributed by atoms with Crippen LogP contribution in [0.2, 0.25) is 0 Å². The first kappa shape index (κ1) is 13.9. The van der Waals surface area contributed by atoms with Gasteiger partial charge in [0, 0.05) is 17.1 Å². The molecule has 0 saturated carbocycles. The van der Waals surface area contributed by atoms with Crippen molar-refractivity contribution in [2.45, 2.75) is 39.0 Å². The van der Waals surface area contributed by atoms with Crippen LogP contribution in [-0.2, 0) is 6.42 Å². The van der Waals surface area contributed by atoms with Crippen molar-refractivity contribution in [1.82, 2.24) is 0 Å². The smallest absolute Gasteiger partial charge is 0.0455 e. The molecule has 1 heteroatoms. The molecule has 21 heavy (non-hydrogen) atoms. The van der Waals surface area contributed by atoms with Crippen LogP contribution in [0.5, 0.6) is 0 Å². The van der Waals surface area contributed by atoms with E-state index in [1.807, 2.05) is 0 Å². The number of allylic oxidation sites excluding steroid dienone is 8. The van der Waals surface area contributed by atoms with Crippen LogP contribution in [0.3, 0.4) is 0 Å². The summed E-state index contributed by atoms with van der Waals surface area (Å²) < 4.78 is 0. The molecule has 0 spiro atoms. The summed E-state index contributed by atoms with van der Waals surface area (Å²) in [6.45, 7) is 2.20. The van der Waals surface area contributed by atoms with Gasteiger partial charge in [-0.25, -0.2) is 0 Å².